The Hall–Kier alpha value is -1.44. The van der Waals surface area contributed by atoms with Gasteiger partial charge in [-0.25, -0.2) is 13.6 Å². The van der Waals surface area contributed by atoms with Crippen molar-refractivity contribution in [2.45, 2.75) is 30.7 Å². The van der Waals surface area contributed by atoms with Crippen LogP contribution >= 0.6 is 11.6 Å². The van der Waals surface area contributed by atoms with Crippen LogP contribution in [0.25, 0.3) is 0 Å². The van der Waals surface area contributed by atoms with Gasteiger partial charge < -0.3 is 20.1 Å². The van der Waals surface area contributed by atoms with E-state index in [2.05, 4.69) is 5.32 Å². The van der Waals surface area contributed by atoms with Crippen LogP contribution in [0.1, 0.15) is 24.5 Å². The van der Waals surface area contributed by atoms with Crippen molar-refractivity contribution in [3.8, 4) is 0 Å². The summed E-state index contributed by atoms with van der Waals surface area (Å²) < 4.78 is 33.3. The SMILES string of the molecule is O=C(N[C@@H]1CCO[C@H]1c1ccc(Cl)c(F)c1)N1CCC(F)(CO)C1. The fourth-order valence-corrected chi connectivity index (χ4v) is 3.26. The zero-order chi connectivity index (χ0) is 17.3. The van der Waals surface area contributed by atoms with Crippen LogP contribution in [0, 0.1) is 5.82 Å². The van der Waals surface area contributed by atoms with Gasteiger partial charge in [-0.2, -0.15) is 0 Å². The van der Waals surface area contributed by atoms with Crippen molar-refractivity contribution < 1.29 is 23.4 Å². The van der Waals surface area contributed by atoms with Gasteiger partial charge in [0, 0.05) is 19.6 Å². The topological polar surface area (TPSA) is 61.8 Å². The quantitative estimate of drug-likeness (QED) is 0.870. The summed E-state index contributed by atoms with van der Waals surface area (Å²) in [5.74, 6) is -0.542. The second kappa shape index (κ2) is 6.82. The lowest BCUT2D eigenvalue weighted by molar-refractivity contribution is 0.0790. The molecule has 1 aromatic carbocycles. The van der Waals surface area contributed by atoms with Crippen LogP contribution in [0.2, 0.25) is 5.02 Å². The molecule has 2 aliphatic rings. The number of hydrogen-bond acceptors (Lipinski definition) is 3. The fourth-order valence-electron chi connectivity index (χ4n) is 3.14. The van der Waals surface area contributed by atoms with E-state index in [-0.39, 0.29) is 30.6 Å². The van der Waals surface area contributed by atoms with Gasteiger partial charge in [0.2, 0.25) is 0 Å². The molecule has 0 aliphatic carbocycles. The zero-order valence-electron chi connectivity index (χ0n) is 13.0. The van der Waals surface area contributed by atoms with Gasteiger partial charge in [0.25, 0.3) is 0 Å². The Morgan fingerprint density at radius 3 is 3.00 bits per heavy atom. The molecule has 3 rings (SSSR count). The summed E-state index contributed by atoms with van der Waals surface area (Å²) in [6.45, 7) is -0.0561. The highest BCUT2D eigenvalue weighted by atomic mass is 35.5. The van der Waals surface area contributed by atoms with E-state index < -0.39 is 30.2 Å². The standard InChI is InChI=1S/C16H19ClF2N2O3/c17-11-2-1-10(7-12(11)18)14-13(3-6-24-14)20-15(23)21-5-4-16(19,8-21)9-22/h1-2,7,13-14,22H,3-6,8-9H2,(H,20,23)/t13-,14+,16?/m1/s1. The number of nitrogens with zero attached hydrogens (tertiary/aromatic N) is 1. The van der Waals surface area contributed by atoms with Crippen molar-refractivity contribution in [1.82, 2.24) is 10.2 Å². The van der Waals surface area contributed by atoms with Crippen LogP contribution in [0.5, 0.6) is 0 Å². The molecule has 132 valence electrons. The molecule has 2 amide bonds. The van der Waals surface area contributed by atoms with Crippen LogP contribution in [0.4, 0.5) is 13.6 Å². The van der Waals surface area contributed by atoms with Crippen molar-refractivity contribution in [2.75, 3.05) is 26.3 Å². The summed E-state index contributed by atoms with van der Waals surface area (Å²) in [5, 5.41) is 11.9. The van der Waals surface area contributed by atoms with Gasteiger partial charge in [0.1, 0.15) is 11.9 Å². The normalized spacial score (nSPS) is 29.9. The molecule has 2 aliphatic heterocycles. The molecule has 1 unspecified atom stereocenters. The van der Waals surface area contributed by atoms with Gasteiger partial charge in [-0.05, 0) is 24.1 Å². The number of likely N-dealkylation sites (tertiary alicyclic amines) is 1. The van der Waals surface area contributed by atoms with E-state index in [0.717, 1.165) is 0 Å². The average molecular weight is 361 g/mol. The van der Waals surface area contributed by atoms with Gasteiger partial charge in [-0.1, -0.05) is 17.7 Å². The molecular weight excluding hydrogens is 342 g/mol. The number of benzene rings is 1. The number of urea groups is 1. The van der Waals surface area contributed by atoms with Crippen LogP contribution in [0.15, 0.2) is 18.2 Å². The molecule has 8 heteroatoms. The lowest BCUT2D eigenvalue weighted by Crippen LogP contribution is -2.46. The minimum atomic E-state index is -1.73. The van der Waals surface area contributed by atoms with Crippen molar-refractivity contribution in [2.24, 2.45) is 0 Å². The van der Waals surface area contributed by atoms with E-state index in [9.17, 15) is 13.6 Å². The van der Waals surface area contributed by atoms with E-state index in [1.54, 1.807) is 6.07 Å². The number of rotatable bonds is 3. The van der Waals surface area contributed by atoms with E-state index in [4.69, 9.17) is 21.4 Å². The highest BCUT2D eigenvalue weighted by Crippen LogP contribution is 2.32. The molecule has 0 bridgehead atoms. The highest BCUT2D eigenvalue weighted by molar-refractivity contribution is 6.30. The number of halogens is 3. The molecule has 0 radical (unpaired) electrons. The number of hydrogen-bond donors (Lipinski definition) is 2. The third kappa shape index (κ3) is 3.48. The van der Waals surface area contributed by atoms with Crippen molar-refractivity contribution in [1.29, 1.82) is 0 Å². The summed E-state index contributed by atoms with van der Waals surface area (Å²) in [6, 6.07) is 3.67. The maximum Gasteiger partial charge on any atom is 0.317 e. The monoisotopic (exact) mass is 360 g/mol. The minimum Gasteiger partial charge on any atom is -0.393 e. The molecule has 0 aromatic heterocycles. The summed E-state index contributed by atoms with van der Waals surface area (Å²) in [7, 11) is 0. The average Bonchev–Trinajstić information content (AvgIpc) is 3.17. The van der Waals surface area contributed by atoms with Crippen molar-refractivity contribution >= 4 is 17.6 Å². The Morgan fingerprint density at radius 2 is 2.33 bits per heavy atom. The molecule has 2 fully saturated rings. The van der Waals surface area contributed by atoms with Gasteiger partial charge in [-0.15, -0.1) is 0 Å². The van der Waals surface area contributed by atoms with E-state index in [1.807, 2.05) is 0 Å². The number of ether oxygens (including phenoxy) is 1. The number of nitrogens with one attached hydrogen (secondary N) is 1. The first-order valence-corrected chi connectivity index (χ1v) is 8.21. The highest BCUT2D eigenvalue weighted by Gasteiger charge is 2.41. The summed E-state index contributed by atoms with van der Waals surface area (Å²) >= 11 is 5.69. The van der Waals surface area contributed by atoms with E-state index in [1.165, 1.54) is 17.0 Å². The predicted molar refractivity (Wildman–Crippen MR) is 84.2 cm³/mol. The molecule has 2 N–H and O–H groups in total. The molecule has 2 heterocycles. The van der Waals surface area contributed by atoms with Crippen LogP contribution < -0.4 is 5.32 Å². The predicted octanol–water partition coefficient (Wildman–Crippen LogP) is 2.43. The third-order valence-corrected chi connectivity index (χ3v) is 4.85. The summed E-state index contributed by atoms with van der Waals surface area (Å²) in [6.07, 6.45) is 0.218. The molecule has 2 saturated heterocycles. The minimum absolute atomic E-state index is 0.0256. The van der Waals surface area contributed by atoms with E-state index >= 15 is 0 Å². The van der Waals surface area contributed by atoms with Gasteiger partial charge in [0.05, 0.1) is 24.2 Å². The van der Waals surface area contributed by atoms with Crippen LogP contribution in [-0.2, 0) is 4.74 Å². The number of carbonyl (C=O) groups excluding carboxylic acids is 1. The van der Waals surface area contributed by atoms with Crippen molar-refractivity contribution in [3.63, 3.8) is 0 Å². The van der Waals surface area contributed by atoms with Crippen LogP contribution in [-0.4, -0.2) is 54.1 Å². The first-order chi connectivity index (χ1) is 11.4. The molecule has 24 heavy (non-hydrogen) atoms. The molecule has 3 atom stereocenters. The molecule has 0 spiro atoms. The Balaban J connectivity index is 1.66. The number of amides is 2. The van der Waals surface area contributed by atoms with Crippen molar-refractivity contribution in [3.05, 3.63) is 34.6 Å². The Bertz CT molecular complexity index is 633. The molecule has 0 saturated carbocycles. The first-order valence-electron chi connectivity index (χ1n) is 7.84. The van der Waals surface area contributed by atoms with Gasteiger partial charge in [-0.3, -0.25) is 0 Å². The first kappa shape index (κ1) is 17.4. The van der Waals surface area contributed by atoms with Crippen LogP contribution in [0.3, 0.4) is 0 Å². The van der Waals surface area contributed by atoms with E-state index in [0.29, 0.717) is 18.6 Å². The summed E-state index contributed by atoms with van der Waals surface area (Å²) in [4.78, 5) is 13.7. The maximum atomic E-state index is 14.0. The largest absolute Gasteiger partial charge is 0.393 e. The zero-order valence-corrected chi connectivity index (χ0v) is 13.7. The lowest BCUT2D eigenvalue weighted by atomic mass is 10.0. The fraction of sp³-hybridized carbons (Fsp3) is 0.562. The Kier molecular flexibility index (Phi) is 4.94. The maximum absolute atomic E-state index is 14.0. The van der Waals surface area contributed by atoms with Gasteiger partial charge in [0.15, 0.2) is 5.67 Å². The second-order valence-electron chi connectivity index (χ2n) is 6.29. The summed E-state index contributed by atoms with van der Waals surface area (Å²) in [5.41, 5.74) is -1.14. The molecular formula is C16H19ClF2N2O3. The lowest BCUT2D eigenvalue weighted by Gasteiger charge is -2.25. The number of aliphatic hydroxyl groups is 1. The number of carbonyl (C=O) groups is 1. The molecule has 1 aromatic rings. The van der Waals surface area contributed by atoms with Gasteiger partial charge >= 0.3 is 6.03 Å². The number of aliphatic hydroxyl groups excluding tert-OH is 1. The number of alkyl halides is 1. The second-order valence-corrected chi connectivity index (χ2v) is 6.70. The Morgan fingerprint density at radius 1 is 1.54 bits per heavy atom. The Labute approximate surface area is 143 Å². The molecule has 5 nitrogen and oxygen atoms in total. The third-order valence-electron chi connectivity index (χ3n) is 4.55. The smallest absolute Gasteiger partial charge is 0.317 e.